The average Bonchev–Trinajstić information content (AvgIpc) is 2.92. The van der Waals surface area contributed by atoms with E-state index in [1.54, 1.807) is 12.1 Å². The summed E-state index contributed by atoms with van der Waals surface area (Å²) in [5.74, 6) is 0.696. The van der Waals surface area contributed by atoms with E-state index in [4.69, 9.17) is 0 Å². The summed E-state index contributed by atoms with van der Waals surface area (Å²) < 4.78 is 12.7. The normalized spacial score (nSPS) is 15.6. The van der Waals surface area contributed by atoms with Crippen LogP contribution in [0.1, 0.15) is 44.1 Å². The fourth-order valence-electron chi connectivity index (χ4n) is 2.72. The van der Waals surface area contributed by atoms with Gasteiger partial charge in [0.15, 0.2) is 0 Å². The van der Waals surface area contributed by atoms with E-state index < -0.39 is 0 Å². The van der Waals surface area contributed by atoms with Crippen LogP contribution < -0.4 is 5.32 Å². The number of carbonyl (C=O) groups excluding carboxylic acids is 1. The average molecular weight is 263 g/mol. The van der Waals surface area contributed by atoms with Crippen LogP contribution in [0.3, 0.4) is 0 Å². The number of carbonyl (C=O) groups is 1. The Morgan fingerprint density at radius 1 is 1.21 bits per heavy atom. The quantitative estimate of drug-likeness (QED) is 0.836. The molecule has 1 saturated carbocycles. The van der Waals surface area contributed by atoms with E-state index >= 15 is 0 Å². The molecule has 2 rings (SSSR count). The van der Waals surface area contributed by atoms with Gasteiger partial charge in [-0.1, -0.05) is 37.8 Å². The molecule has 0 saturated heterocycles. The van der Waals surface area contributed by atoms with Crippen molar-refractivity contribution in [3.63, 3.8) is 0 Å². The van der Waals surface area contributed by atoms with E-state index in [-0.39, 0.29) is 11.7 Å². The van der Waals surface area contributed by atoms with Crippen molar-refractivity contribution in [3.8, 4) is 0 Å². The standard InChI is InChI=1S/C16H22FNO/c17-15-8-5-14(6-9-15)11-12-18-16(19)10-7-13-3-1-2-4-13/h5-6,8-9,13H,1-4,7,10-12H2,(H,18,19). The summed E-state index contributed by atoms with van der Waals surface area (Å²) in [6.07, 6.45) is 7.69. The lowest BCUT2D eigenvalue weighted by Gasteiger charge is -2.09. The number of hydrogen-bond acceptors (Lipinski definition) is 1. The van der Waals surface area contributed by atoms with E-state index in [2.05, 4.69) is 5.32 Å². The van der Waals surface area contributed by atoms with Gasteiger partial charge in [0.2, 0.25) is 5.91 Å². The van der Waals surface area contributed by atoms with E-state index in [9.17, 15) is 9.18 Å². The summed E-state index contributed by atoms with van der Waals surface area (Å²) in [4.78, 5) is 11.7. The highest BCUT2D eigenvalue weighted by atomic mass is 19.1. The molecule has 19 heavy (non-hydrogen) atoms. The zero-order chi connectivity index (χ0) is 13.5. The first-order valence-electron chi connectivity index (χ1n) is 7.25. The molecule has 1 fully saturated rings. The van der Waals surface area contributed by atoms with Crippen molar-refractivity contribution in [2.24, 2.45) is 5.92 Å². The Labute approximate surface area is 114 Å². The molecule has 3 heteroatoms. The number of halogens is 1. The zero-order valence-electron chi connectivity index (χ0n) is 11.3. The number of benzene rings is 1. The summed E-state index contributed by atoms with van der Waals surface area (Å²) in [5, 5.41) is 2.94. The van der Waals surface area contributed by atoms with Crippen LogP contribution in [0.4, 0.5) is 4.39 Å². The SMILES string of the molecule is O=C(CCC1CCCC1)NCCc1ccc(F)cc1. The molecule has 0 aromatic heterocycles. The highest BCUT2D eigenvalue weighted by molar-refractivity contribution is 5.75. The lowest BCUT2D eigenvalue weighted by Crippen LogP contribution is -2.25. The molecule has 0 unspecified atom stereocenters. The Morgan fingerprint density at radius 3 is 2.58 bits per heavy atom. The lowest BCUT2D eigenvalue weighted by molar-refractivity contribution is -0.121. The van der Waals surface area contributed by atoms with Crippen LogP contribution in [0.5, 0.6) is 0 Å². The third-order valence-corrected chi connectivity index (χ3v) is 3.90. The van der Waals surface area contributed by atoms with Crippen molar-refractivity contribution in [2.45, 2.75) is 44.9 Å². The smallest absolute Gasteiger partial charge is 0.220 e. The first-order valence-corrected chi connectivity index (χ1v) is 7.25. The maximum atomic E-state index is 12.7. The van der Waals surface area contributed by atoms with Gasteiger partial charge in [-0.2, -0.15) is 0 Å². The minimum atomic E-state index is -0.218. The van der Waals surface area contributed by atoms with Gasteiger partial charge >= 0.3 is 0 Å². The molecule has 0 aliphatic heterocycles. The maximum Gasteiger partial charge on any atom is 0.220 e. The topological polar surface area (TPSA) is 29.1 Å². The van der Waals surface area contributed by atoms with Gasteiger partial charge in [0, 0.05) is 13.0 Å². The molecule has 1 aliphatic rings. The summed E-state index contributed by atoms with van der Waals surface area (Å²) in [6, 6.07) is 6.44. The zero-order valence-corrected chi connectivity index (χ0v) is 11.3. The molecule has 1 aromatic carbocycles. The van der Waals surface area contributed by atoms with Crippen LogP contribution in [0, 0.1) is 11.7 Å². The van der Waals surface area contributed by atoms with Crippen LogP contribution in [-0.4, -0.2) is 12.5 Å². The molecule has 0 spiro atoms. The van der Waals surface area contributed by atoms with Gasteiger partial charge in [-0.3, -0.25) is 4.79 Å². The molecular formula is C16H22FNO. The minimum absolute atomic E-state index is 0.147. The van der Waals surface area contributed by atoms with Crippen LogP contribution in [-0.2, 0) is 11.2 Å². The number of nitrogens with one attached hydrogen (secondary N) is 1. The molecular weight excluding hydrogens is 241 g/mol. The molecule has 0 atom stereocenters. The van der Waals surface area contributed by atoms with E-state index in [0.29, 0.717) is 13.0 Å². The second-order valence-electron chi connectivity index (χ2n) is 5.42. The van der Waals surface area contributed by atoms with E-state index in [1.807, 2.05) is 0 Å². The first kappa shape index (κ1) is 14.0. The molecule has 0 bridgehead atoms. The van der Waals surface area contributed by atoms with Gasteiger partial charge in [-0.05, 0) is 36.5 Å². The number of rotatable bonds is 6. The summed E-state index contributed by atoms with van der Waals surface area (Å²) in [5.41, 5.74) is 1.05. The monoisotopic (exact) mass is 263 g/mol. The highest BCUT2D eigenvalue weighted by Gasteiger charge is 2.15. The predicted molar refractivity (Wildman–Crippen MR) is 74.3 cm³/mol. The third kappa shape index (κ3) is 5.01. The van der Waals surface area contributed by atoms with Crippen LogP contribution in [0.2, 0.25) is 0 Å². The van der Waals surface area contributed by atoms with Crippen molar-refractivity contribution in [1.82, 2.24) is 5.32 Å². The molecule has 0 radical (unpaired) electrons. The Morgan fingerprint density at radius 2 is 1.89 bits per heavy atom. The minimum Gasteiger partial charge on any atom is -0.356 e. The van der Waals surface area contributed by atoms with E-state index in [1.165, 1.54) is 37.8 Å². The predicted octanol–water partition coefficient (Wildman–Crippen LogP) is 3.45. The van der Waals surface area contributed by atoms with Gasteiger partial charge < -0.3 is 5.32 Å². The highest BCUT2D eigenvalue weighted by Crippen LogP contribution is 2.28. The Hall–Kier alpha value is -1.38. The van der Waals surface area contributed by atoms with E-state index in [0.717, 1.165) is 24.3 Å². The number of amides is 1. The van der Waals surface area contributed by atoms with Crippen LogP contribution in [0.25, 0.3) is 0 Å². The van der Waals surface area contributed by atoms with Crippen molar-refractivity contribution in [3.05, 3.63) is 35.6 Å². The fourth-order valence-corrected chi connectivity index (χ4v) is 2.72. The largest absolute Gasteiger partial charge is 0.356 e. The third-order valence-electron chi connectivity index (χ3n) is 3.90. The first-order chi connectivity index (χ1) is 9.24. The summed E-state index contributed by atoms with van der Waals surface area (Å²) in [7, 11) is 0. The summed E-state index contributed by atoms with van der Waals surface area (Å²) >= 11 is 0. The van der Waals surface area contributed by atoms with Gasteiger partial charge in [-0.15, -0.1) is 0 Å². The second-order valence-corrected chi connectivity index (χ2v) is 5.42. The Kier molecular flexibility index (Phi) is 5.37. The molecule has 0 heterocycles. The number of hydrogen-bond donors (Lipinski definition) is 1. The van der Waals surface area contributed by atoms with Crippen LogP contribution in [0.15, 0.2) is 24.3 Å². The molecule has 1 amide bonds. The molecule has 2 nitrogen and oxygen atoms in total. The molecule has 1 aliphatic carbocycles. The summed E-state index contributed by atoms with van der Waals surface area (Å²) in [6.45, 7) is 0.634. The fraction of sp³-hybridized carbons (Fsp3) is 0.562. The van der Waals surface area contributed by atoms with Crippen molar-refractivity contribution < 1.29 is 9.18 Å². The lowest BCUT2D eigenvalue weighted by atomic mass is 10.0. The Balaban J connectivity index is 1.59. The van der Waals surface area contributed by atoms with Gasteiger partial charge in [0.25, 0.3) is 0 Å². The molecule has 1 N–H and O–H groups in total. The molecule has 104 valence electrons. The van der Waals surface area contributed by atoms with Gasteiger partial charge in [0.05, 0.1) is 0 Å². The van der Waals surface area contributed by atoms with Crippen molar-refractivity contribution >= 4 is 5.91 Å². The van der Waals surface area contributed by atoms with Gasteiger partial charge in [-0.25, -0.2) is 4.39 Å². The van der Waals surface area contributed by atoms with Crippen molar-refractivity contribution in [2.75, 3.05) is 6.54 Å². The maximum absolute atomic E-state index is 12.7. The Bertz CT molecular complexity index is 396. The van der Waals surface area contributed by atoms with Crippen LogP contribution >= 0.6 is 0 Å². The second kappa shape index (κ2) is 7.27. The van der Waals surface area contributed by atoms with Crippen molar-refractivity contribution in [1.29, 1.82) is 0 Å². The molecule has 1 aromatic rings. The van der Waals surface area contributed by atoms with Gasteiger partial charge in [0.1, 0.15) is 5.82 Å².